The van der Waals surface area contributed by atoms with Crippen molar-refractivity contribution < 1.29 is 19.4 Å². The zero-order chi connectivity index (χ0) is 28.4. The van der Waals surface area contributed by atoms with Crippen molar-refractivity contribution in [3.63, 3.8) is 0 Å². The minimum absolute atomic E-state index is 0.0681. The Kier molecular flexibility index (Phi) is 8.33. The Balaban J connectivity index is 1.52. The number of ether oxygens (including phenoxy) is 2. The smallest absolute Gasteiger partial charge is 0.410 e. The number of carbonyl (C=O) groups excluding carboxylic acids is 1. The van der Waals surface area contributed by atoms with Gasteiger partial charge in [0.1, 0.15) is 6.10 Å². The highest BCUT2D eigenvalue weighted by atomic mass is 16.6. The number of amides is 1. The number of hydrogen-bond donors (Lipinski definition) is 1. The quantitative estimate of drug-likeness (QED) is 0.367. The third-order valence-electron chi connectivity index (χ3n) is 7.51. The molecule has 0 radical (unpaired) electrons. The van der Waals surface area contributed by atoms with Gasteiger partial charge in [0, 0.05) is 31.8 Å². The number of pyridine rings is 1. The van der Waals surface area contributed by atoms with Crippen molar-refractivity contribution in [1.29, 1.82) is 0 Å². The van der Waals surface area contributed by atoms with Crippen molar-refractivity contribution in [2.75, 3.05) is 13.7 Å². The molecule has 0 aliphatic carbocycles. The van der Waals surface area contributed by atoms with Crippen molar-refractivity contribution in [3.05, 3.63) is 94.4 Å². The molecule has 1 aromatic heterocycles. The number of carbonyl (C=O) groups is 1. The molecule has 1 unspecified atom stereocenters. The molecule has 0 bridgehead atoms. The van der Waals surface area contributed by atoms with Crippen molar-refractivity contribution in [1.82, 2.24) is 9.47 Å². The van der Waals surface area contributed by atoms with E-state index in [1.807, 2.05) is 81.4 Å². The molecule has 1 aliphatic rings. The van der Waals surface area contributed by atoms with E-state index in [4.69, 9.17) is 9.47 Å². The summed E-state index contributed by atoms with van der Waals surface area (Å²) in [5.41, 5.74) is 2.23. The molecule has 39 heavy (non-hydrogen) atoms. The molecule has 1 saturated heterocycles. The van der Waals surface area contributed by atoms with Gasteiger partial charge in [-0.1, -0.05) is 54.6 Å². The summed E-state index contributed by atoms with van der Waals surface area (Å²) >= 11 is 0. The first-order valence-electron chi connectivity index (χ1n) is 13.5. The molecule has 7 nitrogen and oxygen atoms in total. The van der Waals surface area contributed by atoms with Crippen LogP contribution in [0.3, 0.4) is 0 Å². The second kappa shape index (κ2) is 11.4. The molecule has 0 spiro atoms. The van der Waals surface area contributed by atoms with Gasteiger partial charge in [0.15, 0.2) is 0 Å². The highest BCUT2D eigenvalue weighted by Gasteiger charge is 2.40. The molecule has 1 aliphatic heterocycles. The molecule has 7 heteroatoms. The Labute approximate surface area is 231 Å². The molecule has 3 atom stereocenters. The average Bonchev–Trinajstić information content (AvgIpc) is 2.90. The van der Waals surface area contributed by atoms with Crippen LogP contribution in [0.25, 0.3) is 11.1 Å². The van der Waals surface area contributed by atoms with E-state index in [9.17, 15) is 14.7 Å². The number of rotatable bonds is 9. The first-order chi connectivity index (χ1) is 18.4. The molecular formula is C32H40N2O5. The predicted molar refractivity (Wildman–Crippen MR) is 152 cm³/mol. The lowest BCUT2D eigenvalue weighted by Crippen LogP contribution is -2.47. The van der Waals surface area contributed by atoms with Crippen molar-refractivity contribution in [2.24, 2.45) is 5.92 Å². The molecule has 1 N–H and O–H groups in total. The second-order valence-electron chi connectivity index (χ2n) is 11.8. The number of nitrogens with zero attached hydrogens (tertiary/aromatic N) is 2. The standard InChI is InChI=1S/C32H40N2O5/c1-22(34-20-27(19-31(2,3)37)29(39-30(34)36)25-10-8-7-9-11-25)23-12-14-24(15-13-23)26-16-17-33(28(35)18-26)21-32(4,5)38-6/h7-18,22,27,29,37H,19-21H2,1-6H3/t22-,27+,29?/m0/s1. The molecule has 1 amide bonds. The van der Waals surface area contributed by atoms with E-state index < -0.39 is 17.3 Å². The SMILES string of the molecule is COC(C)(C)Cn1ccc(-c2ccc([C@H](C)N3C[C@@H](CC(C)(C)O)C(c4ccccc4)OC3=O)cc2)cc1=O. The van der Waals surface area contributed by atoms with Crippen LogP contribution in [-0.4, -0.2) is 45.5 Å². The fourth-order valence-electron chi connectivity index (χ4n) is 5.23. The number of aromatic nitrogens is 1. The van der Waals surface area contributed by atoms with E-state index in [0.717, 1.165) is 22.3 Å². The van der Waals surface area contributed by atoms with Gasteiger partial charge in [-0.05, 0) is 69.4 Å². The lowest BCUT2D eigenvalue weighted by Gasteiger charge is -2.42. The number of aliphatic hydroxyl groups is 1. The van der Waals surface area contributed by atoms with Gasteiger partial charge in [0.05, 0.1) is 23.8 Å². The van der Waals surface area contributed by atoms with Crippen LogP contribution in [0.5, 0.6) is 0 Å². The highest BCUT2D eigenvalue weighted by molar-refractivity contribution is 5.70. The van der Waals surface area contributed by atoms with Crippen LogP contribution in [0.4, 0.5) is 4.79 Å². The maximum Gasteiger partial charge on any atom is 0.410 e. The molecule has 1 fully saturated rings. The Hall–Kier alpha value is -3.42. The fraction of sp³-hybridized carbons (Fsp3) is 0.438. The molecule has 2 heterocycles. The molecule has 208 valence electrons. The predicted octanol–water partition coefficient (Wildman–Crippen LogP) is 5.97. The molecule has 2 aromatic carbocycles. The third kappa shape index (κ3) is 6.97. The van der Waals surface area contributed by atoms with Gasteiger partial charge in [-0.15, -0.1) is 0 Å². The average molecular weight is 533 g/mol. The maximum atomic E-state index is 13.2. The summed E-state index contributed by atoms with van der Waals surface area (Å²) in [6.07, 6.45) is 1.52. The topological polar surface area (TPSA) is 81.0 Å². The van der Waals surface area contributed by atoms with Crippen LogP contribution in [0, 0.1) is 5.92 Å². The van der Waals surface area contributed by atoms with E-state index in [1.54, 1.807) is 42.7 Å². The molecular weight excluding hydrogens is 492 g/mol. The third-order valence-corrected chi connectivity index (χ3v) is 7.51. The molecule has 3 aromatic rings. The number of hydrogen-bond acceptors (Lipinski definition) is 5. The Bertz CT molecular complexity index is 1330. The van der Waals surface area contributed by atoms with Gasteiger partial charge in [0.2, 0.25) is 0 Å². The van der Waals surface area contributed by atoms with Crippen LogP contribution in [-0.2, 0) is 16.0 Å². The number of benzene rings is 2. The number of methoxy groups -OCH3 is 1. The van der Waals surface area contributed by atoms with Gasteiger partial charge in [-0.25, -0.2) is 4.79 Å². The van der Waals surface area contributed by atoms with Gasteiger partial charge in [-0.2, -0.15) is 0 Å². The van der Waals surface area contributed by atoms with Crippen LogP contribution in [0.15, 0.2) is 77.7 Å². The minimum atomic E-state index is -0.897. The van der Waals surface area contributed by atoms with E-state index >= 15 is 0 Å². The summed E-state index contributed by atoms with van der Waals surface area (Å²) in [4.78, 5) is 27.6. The normalized spacial score (nSPS) is 19.1. The Morgan fingerprint density at radius 3 is 2.26 bits per heavy atom. The van der Waals surface area contributed by atoms with Crippen molar-refractivity contribution >= 4 is 6.09 Å². The molecule has 4 rings (SSSR count). The van der Waals surface area contributed by atoms with Gasteiger partial charge < -0.3 is 24.0 Å². The van der Waals surface area contributed by atoms with Crippen molar-refractivity contribution in [2.45, 2.75) is 70.9 Å². The van der Waals surface area contributed by atoms with E-state index in [2.05, 4.69) is 0 Å². The summed E-state index contributed by atoms with van der Waals surface area (Å²) in [6, 6.07) is 21.0. The second-order valence-corrected chi connectivity index (χ2v) is 11.8. The van der Waals surface area contributed by atoms with Gasteiger partial charge >= 0.3 is 6.09 Å². The first kappa shape index (κ1) is 28.6. The lowest BCUT2D eigenvalue weighted by molar-refractivity contribution is -0.0532. The largest absolute Gasteiger partial charge is 0.441 e. The number of cyclic esters (lactones) is 1. The van der Waals surface area contributed by atoms with Crippen LogP contribution >= 0.6 is 0 Å². The summed E-state index contributed by atoms with van der Waals surface area (Å²) in [5, 5.41) is 10.6. The zero-order valence-corrected chi connectivity index (χ0v) is 23.8. The minimum Gasteiger partial charge on any atom is -0.441 e. The lowest BCUT2D eigenvalue weighted by atomic mass is 9.84. The highest BCUT2D eigenvalue weighted by Crippen LogP contribution is 2.39. The van der Waals surface area contributed by atoms with E-state index in [-0.39, 0.29) is 23.6 Å². The van der Waals surface area contributed by atoms with Gasteiger partial charge in [0.25, 0.3) is 5.56 Å². The summed E-state index contributed by atoms with van der Waals surface area (Å²) < 4.78 is 13.1. The van der Waals surface area contributed by atoms with E-state index in [0.29, 0.717) is 19.5 Å². The summed E-state index contributed by atoms with van der Waals surface area (Å²) in [5.74, 6) is -0.0681. The van der Waals surface area contributed by atoms with E-state index in [1.165, 1.54) is 0 Å². The summed E-state index contributed by atoms with van der Waals surface area (Å²) in [7, 11) is 1.64. The summed E-state index contributed by atoms with van der Waals surface area (Å²) in [6.45, 7) is 10.4. The molecule has 0 saturated carbocycles. The Morgan fingerprint density at radius 2 is 1.67 bits per heavy atom. The fourth-order valence-corrected chi connectivity index (χ4v) is 5.23. The zero-order valence-electron chi connectivity index (χ0n) is 23.8. The van der Waals surface area contributed by atoms with Crippen molar-refractivity contribution in [3.8, 4) is 11.1 Å². The Morgan fingerprint density at radius 1 is 1.00 bits per heavy atom. The first-order valence-corrected chi connectivity index (χ1v) is 13.5. The monoisotopic (exact) mass is 532 g/mol. The maximum absolute atomic E-state index is 13.2. The van der Waals surface area contributed by atoms with Crippen LogP contribution in [0.1, 0.15) is 64.3 Å². The van der Waals surface area contributed by atoms with Crippen LogP contribution in [0.2, 0.25) is 0 Å². The van der Waals surface area contributed by atoms with Gasteiger partial charge in [-0.3, -0.25) is 4.79 Å². The van der Waals surface area contributed by atoms with Crippen LogP contribution < -0.4 is 5.56 Å².